The maximum Gasteiger partial charge on any atom is 0.311 e. The van der Waals surface area contributed by atoms with Gasteiger partial charge >= 0.3 is 5.97 Å². The second kappa shape index (κ2) is 4.33. The van der Waals surface area contributed by atoms with Gasteiger partial charge in [0.2, 0.25) is 0 Å². The minimum atomic E-state index is -0.142. The van der Waals surface area contributed by atoms with Crippen LogP contribution in [0.4, 0.5) is 5.69 Å². The molecule has 0 amide bonds. The lowest BCUT2D eigenvalue weighted by Gasteiger charge is -2.13. The van der Waals surface area contributed by atoms with E-state index in [4.69, 9.17) is 4.74 Å². The first-order valence-electron chi connectivity index (χ1n) is 6.15. The van der Waals surface area contributed by atoms with Crippen molar-refractivity contribution in [3.8, 4) is 0 Å². The van der Waals surface area contributed by atoms with Crippen LogP contribution in [-0.2, 0) is 16.0 Å². The van der Waals surface area contributed by atoms with Gasteiger partial charge in [0.05, 0.1) is 12.5 Å². The van der Waals surface area contributed by atoms with Crippen molar-refractivity contribution in [2.75, 3.05) is 18.5 Å². The van der Waals surface area contributed by atoms with E-state index in [9.17, 15) is 4.79 Å². The Labute approximate surface area is 105 Å². The monoisotopic (exact) mass is 245 g/mol. The van der Waals surface area contributed by atoms with E-state index in [0.717, 1.165) is 22.3 Å². The molecule has 2 aromatic rings. The summed E-state index contributed by atoms with van der Waals surface area (Å²) in [6.45, 7) is 2.86. The van der Waals surface area contributed by atoms with Gasteiger partial charge in [-0.15, -0.1) is 0 Å². The molecule has 0 saturated heterocycles. The molecule has 5 heteroatoms. The molecule has 0 fully saturated rings. The Balaban J connectivity index is 1.97. The van der Waals surface area contributed by atoms with Gasteiger partial charge in [0, 0.05) is 30.0 Å². The Morgan fingerprint density at radius 1 is 1.61 bits per heavy atom. The van der Waals surface area contributed by atoms with Crippen molar-refractivity contribution >= 4 is 22.7 Å². The molecule has 1 aliphatic heterocycles. The average Bonchev–Trinajstić information content (AvgIpc) is 2.67. The van der Waals surface area contributed by atoms with Crippen molar-refractivity contribution in [1.29, 1.82) is 0 Å². The minimum absolute atomic E-state index is 0.139. The van der Waals surface area contributed by atoms with Crippen LogP contribution in [0.15, 0.2) is 18.5 Å². The van der Waals surface area contributed by atoms with Crippen LogP contribution < -0.4 is 5.32 Å². The molecule has 0 spiro atoms. The second-order valence-corrected chi connectivity index (χ2v) is 4.43. The number of aromatic nitrogens is 2. The lowest BCUT2D eigenvalue weighted by molar-refractivity contribution is -0.147. The minimum Gasteiger partial charge on any atom is -0.466 e. The van der Waals surface area contributed by atoms with Gasteiger partial charge in [0.15, 0.2) is 0 Å². The van der Waals surface area contributed by atoms with Crippen molar-refractivity contribution in [2.24, 2.45) is 5.92 Å². The summed E-state index contributed by atoms with van der Waals surface area (Å²) in [6.07, 6.45) is 4.38. The summed E-state index contributed by atoms with van der Waals surface area (Å²) in [7, 11) is 0. The van der Waals surface area contributed by atoms with Gasteiger partial charge in [0.25, 0.3) is 0 Å². The maximum atomic E-state index is 11.9. The number of ether oxygens (including phenoxy) is 1. The fraction of sp³-hybridized carbons (Fsp3) is 0.385. The predicted molar refractivity (Wildman–Crippen MR) is 68.4 cm³/mol. The van der Waals surface area contributed by atoms with E-state index in [1.165, 1.54) is 0 Å². The molecule has 0 bridgehead atoms. The van der Waals surface area contributed by atoms with Crippen molar-refractivity contribution in [3.63, 3.8) is 0 Å². The molecule has 1 aliphatic rings. The maximum absolute atomic E-state index is 11.9. The fourth-order valence-corrected chi connectivity index (χ4v) is 2.43. The van der Waals surface area contributed by atoms with E-state index in [2.05, 4.69) is 15.3 Å². The first-order valence-corrected chi connectivity index (χ1v) is 6.15. The second-order valence-electron chi connectivity index (χ2n) is 4.43. The zero-order chi connectivity index (χ0) is 12.5. The summed E-state index contributed by atoms with van der Waals surface area (Å²) in [5, 5.41) is 4.39. The van der Waals surface area contributed by atoms with Crippen molar-refractivity contribution in [2.45, 2.75) is 13.3 Å². The first-order chi connectivity index (χ1) is 8.79. The third kappa shape index (κ3) is 1.72. The summed E-state index contributed by atoms with van der Waals surface area (Å²) < 4.78 is 5.10. The van der Waals surface area contributed by atoms with Crippen molar-refractivity contribution < 1.29 is 9.53 Å². The summed E-state index contributed by atoms with van der Waals surface area (Å²) in [5.41, 5.74) is 3.01. The van der Waals surface area contributed by atoms with Crippen LogP contribution in [-0.4, -0.2) is 29.1 Å². The lowest BCUT2D eigenvalue weighted by Crippen LogP contribution is -2.26. The molecule has 1 atom stereocenters. The van der Waals surface area contributed by atoms with E-state index < -0.39 is 0 Å². The zero-order valence-corrected chi connectivity index (χ0v) is 10.2. The molecular weight excluding hydrogens is 230 g/mol. The highest BCUT2D eigenvalue weighted by atomic mass is 16.5. The Morgan fingerprint density at radius 2 is 2.50 bits per heavy atom. The number of nitrogens with one attached hydrogen (secondary N) is 2. The van der Waals surface area contributed by atoms with Gasteiger partial charge in [-0.05, 0) is 25.0 Å². The third-order valence-corrected chi connectivity index (χ3v) is 3.28. The molecule has 18 heavy (non-hydrogen) atoms. The predicted octanol–water partition coefficient (Wildman–Crippen LogP) is 1.71. The molecule has 0 aliphatic carbocycles. The number of aromatic amines is 1. The van der Waals surface area contributed by atoms with Gasteiger partial charge in [-0.25, -0.2) is 4.98 Å². The van der Waals surface area contributed by atoms with Crippen molar-refractivity contribution in [3.05, 3.63) is 24.0 Å². The number of nitrogens with zero attached hydrogens (tertiary/aromatic N) is 1. The average molecular weight is 245 g/mol. The highest BCUT2D eigenvalue weighted by Crippen LogP contribution is 2.30. The van der Waals surface area contributed by atoms with Crippen LogP contribution in [0, 0.1) is 5.92 Å². The number of carbonyl (C=O) groups is 1. The fourth-order valence-electron chi connectivity index (χ4n) is 2.43. The SMILES string of the molecule is CCOC(=O)C1CNc2ccnc3[nH]cc(c23)C1. The highest BCUT2D eigenvalue weighted by Gasteiger charge is 2.25. The normalized spacial score (nSPS) is 18.2. The molecule has 0 saturated carbocycles. The molecule has 0 radical (unpaired) electrons. The van der Waals surface area contributed by atoms with Crippen LogP contribution in [0.25, 0.3) is 11.0 Å². The van der Waals surface area contributed by atoms with E-state index in [-0.39, 0.29) is 11.9 Å². The van der Waals surface area contributed by atoms with Crippen LogP contribution >= 0.6 is 0 Å². The van der Waals surface area contributed by atoms with Gasteiger partial charge in [-0.1, -0.05) is 0 Å². The van der Waals surface area contributed by atoms with Crippen LogP contribution in [0.3, 0.4) is 0 Å². The summed E-state index contributed by atoms with van der Waals surface area (Å²) in [5.74, 6) is -0.281. The lowest BCUT2D eigenvalue weighted by atomic mass is 10.0. The van der Waals surface area contributed by atoms with E-state index in [1.54, 1.807) is 6.20 Å². The molecule has 0 aromatic carbocycles. The largest absolute Gasteiger partial charge is 0.466 e. The molecule has 94 valence electrons. The molecule has 3 heterocycles. The number of hydrogen-bond acceptors (Lipinski definition) is 4. The standard InChI is InChI=1S/C13H15N3O2/c1-2-18-13(17)9-5-8-6-16-12-11(8)10(15-7-9)3-4-14-12/h3-4,6,9,15H,2,5,7H2,1H3,(H,14,16). The number of pyridine rings is 1. The summed E-state index contributed by atoms with van der Waals surface area (Å²) >= 11 is 0. The van der Waals surface area contributed by atoms with E-state index in [0.29, 0.717) is 19.6 Å². The zero-order valence-electron chi connectivity index (χ0n) is 10.2. The van der Waals surface area contributed by atoms with Crippen LogP contribution in [0.2, 0.25) is 0 Å². The van der Waals surface area contributed by atoms with Crippen LogP contribution in [0.5, 0.6) is 0 Å². The molecule has 2 N–H and O–H groups in total. The quantitative estimate of drug-likeness (QED) is 0.790. The number of rotatable bonds is 2. The van der Waals surface area contributed by atoms with E-state index in [1.807, 2.05) is 19.2 Å². The highest BCUT2D eigenvalue weighted by molar-refractivity contribution is 5.93. The number of anilines is 1. The Hall–Kier alpha value is -2.04. The van der Waals surface area contributed by atoms with Gasteiger partial charge in [0.1, 0.15) is 5.65 Å². The summed E-state index contributed by atoms with van der Waals surface area (Å²) in [4.78, 5) is 19.3. The van der Waals surface area contributed by atoms with Gasteiger partial charge in [-0.3, -0.25) is 4.79 Å². The number of carbonyl (C=O) groups excluding carboxylic acids is 1. The molecule has 3 rings (SSSR count). The number of hydrogen-bond donors (Lipinski definition) is 2. The number of H-pyrrole nitrogens is 1. The van der Waals surface area contributed by atoms with Gasteiger partial charge in [-0.2, -0.15) is 0 Å². The molecule has 2 aromatic heterocycles. The Kier molecular flexibility index (Phi) is 2.66. The Morgan fingerprint density at radius 3 is 3.33 bits per heavy atom. The molecule has 5 nitrogen and oxygen atoms in total. The number of esters is 1. The van der Waals surface area contributed by atoms with Gasteiger partial charge < -0.3 is 15.0 Å². The van der Waals surface area contributed by atoms with Crippen molar-refractivity contribution in [1.82, 2.24) is 9.97 Å². The Bertz CT molecular complexity index is 591. The third-order valence-electron chi connectivity index (χ3n) is 3.28. The van der Waals surface area contributed by atoms with E-state index >= 15 is 0 Å². The molecular formula is C13H15N3O2. The van der Waals surface area contributed by atoms with Crippen LogP contribution in [0.1, 0.15) is 12.5 Å². The topological polar surface area (TPSA) is 67.0 Å². The smallest absolute Gasteiger partial charge is 0.311 e. The summed E-state index contributed by atoms with van der Waals surface area (Å²) in [6, 6.07) is 1.94. The molecule has 1 unspecified atom stereocenters. The first kappa shape index (κ1) is 11.1.